The maximum absolute atomic E-state index is 12.0. The van der Waals surface area contributed by atoms with Gasteiger partial charge in [-0.2, -0.15) is 0 Å². The monoisotopic (exact) mass is 285 g/mol. The highest BCUT2D eigenvalue weighted by Crippen LogP contribution is 2.21. The van der Waals surface area contributed by atoms with Crippen molar-refractivity contribution in [2.75, 3.05) is 4.72 Å². The van der Waals surface area contributed by atoms with E-state index in [1.165, 1.54) is 24.7 Å². The molecule has 2 N–H and O–H groups in total. The lowest BCUT2D eigenvalue weighted by Crippen LogP contribution is -2.21. The minimum atomic E-state index is -3.98. The van der Waals surface area contributed by atoms with E-state index in [9.17, 15) is 13.2 Å². The van der Waals surface area contributed by atoms with Crippen LogP contribution in [0.25, 0.3) is 0 Å². The largest absolute Gasteiger partial charge is 0.366 e. The first-order chi connectivity index (χ1) is 8.50. The number of aromatic amines is 1. The van der Waals surface area contributed by atoms with Gasteiger partial charge in [-0.1, -0.05) is 11.6 Å². The molecule has 0 saturated heterocycles. The molecule has 0 bridgehead atoms. The van der Waals surface area contributed by atoms with Crippen molar-refractivity contribution in [3.05, 3.63) is 52.2 Å². The summed E-state index contributed by atoms with van der Waals surface area (Å²) in [5, 5.41) is 0.195. The number of hydrogen-bond acceptors (Lipinski definition) is 4. The SMILES string of the molecule is O=c1cc[nH]cc1S(=O)(=O)Nc1cnccc1Cl. The van der Waals surface area contributed by atoms with Crippen molar-refractivity contribution in [3.8, 4) is 0 Å². The fourth-order valence-corrected chi connectivity index (χ4v) is 2.59. The van der Waals surface area contributed by atoms with Gasteiger partial charge in [0.15, 0.2) is 4.90 Å². The van der Waals surface area contributed by atoms with E-state index in [-0.39, 0.29) is 15.6 Å². The fourth-order valence-electron chi connectivity index (χ4n) is 1.26. The number of sulfonamides is 1. The smallest absolute Gasteiger partial charge is 0.267 e. The number of halogens is 1. The van der Waals surface area contributed by atoms with Crippen LogP contribution in [0, 0.1) is 0 Å². The van der Waals surface area contributed by atoms with Crippen LogP contribution in [-0.4, -0.2) is 18.4 Å². The van der Waals surface area contributed by atoms with Crippen LogP contribution >= 0.6 is 11.6 Å². The van der Waals surface area contributed by atoms with Crippen molar-refractivity contribution in [1.29, 1.82) is 0 Å². The molecular formula is C10H8ClN3O3S. The lowest BCUT2D eigenvalue weighted by molar-refractivity contribution is 0.600. The summed E-state index contributed by atoms with van der Waals surface area (Å²) in [7, 11) is -3.98. The van der Waals surface area contributed by atoms with Gasteiger partial charge in [0.05, 0.1) is 16.9 Å². The first-order valence-electron chi connectivity index (χ1n) is 4.80. The molecule has 94 valence electrons. The average Bonchev–Trinajstić information content (AvgIpc) is 2.32. The molecule has 2 rings (SSSR count). The topological polar surface area (TPSA) is 91.9 Å². The Balaban J connectivity index is 2.43. The van der Waals surface area contributed by atoms with Gasteiger partial charge in [-0.15, -0.1) is 0 Å². The highest BCUT2D eigenvalue weighted by atomic mass is 35.5. The van der Waals surface area contributed by atoms with Gasteiger partial charge in [0.25, 0.3) is 10.0 Å². The molecule has 2 heterocycles. The third-order valence-electron chi connectivity index (χ3n) is 2.09. The van der Waals surface area contributed by atoms with Crippen LogP contribution in [0.15, 0.2) is 46.6 Å². The lowest BCUT2D eigenvalue weighted by atomic mass is 10.4. The van der Waals surface area contributed by atoms with Crippen LogP contribution in [0.3, 0.4) is 0 Å². The molecule has 8 heteroatoms. The fraction of sp³-hybridized carbons (Fsp3) is 0. The van der Waals surface area contributed by atoms with Gasteiger partial charge in [0.2, 0.25) is 5.43 Å². The first-order valence-corrected chi connectivity index (χ1v) is 6.66. The number of anilines is 1. The van der Waals surface area contributed by atoms with Crippen molar-refractivity contribution < 1.29 is 8.42 Å². The number of rotatable bonds is 3. The van der Waals surface area contributed by atoms with Gasteiger partial charge >= 0.3 is 0 Å². The van der Waals surface area contributed by atoms with Gasteiger partial charge in [-0.25, -0.2) is 8.42 Å². The maximum atomic E-state index is 12.0. The zero-order valence-electron chi connectivity index (χ0n) is 8.92. The van der Waals surface area contributed by atoms with Gasteiger partial charge < -0.3 is 4.98 Å². The van der Waals surface area contributed by atoms with E-state index in [1.807, 2.05) is 0 Å². The van der Waals surface area contributed by atoms with E-state index < -0.39 is 15.5 Å². The Kier molecular flexibility index (Phi) is 3.35. The molecule has 0 aromatic carbocycles. The molecule has 0 fully saturated rings. The third-order valence-corrected chi connectivity index (χ3v) is 3.81. The van der Waals surface area contributed by atoms with Crippen molar-refractivity contribution in [1.82, 2.24) is 9.97 Å². The van der Waals surface area contributed by atoms with Crippen molar-refractivity contribution in [2.24, 2.45) is 0 Å². The summed E-state index contributed by atoms with van der Waals surface area (Å²) in [6.45, 7) is 0. The second kappa shape index (κ2) is 4.79. The van der Waals surface area contributed by atoms with Crippen LogP contribution < -0.4 is 10.2 Å². The highest BCUT2D eigenvalue weighted by Gasteiger charge is 2.18. The Labute approximate surface area is 108 Å². The predicted octanol–water partition coefficient (Wildman–Crippen LogP) is 1.22. The molecule has 0 radical (unpaired) electrons. The molecule has 0 amide bonds. The van der Waals surface area contributed by atoms with E-state index in [2.05, 4.69) is 14.7 Å². The number of nitrogens with zero attached hydrogens (tertiary/aromatic N) is 1. The molecule has 2 aromatic heterocycles. The normalized spacial score (nSPS) is 11.2. The summed E-state index contributed by atoms with van der Waals surface area (Å²) < 4.78 is 26.1. The van der Waals surface area contributed by atoms with Crippen LogP contribution in [0.4, 0.5) is 5.69 Å². The molecule has 2 aromatic rings. The number of nitrogens with one attached hydrogen (secondary N) is 2. The summed E-state index contributed by atoms with van der Waals surface area (Å²) in [6.07, 6.45) is 5.14. The Morgan fingerprint density at radius 1 is 1.33 bits per heavy atom. The summed E-state index contributed by atoms with van der Waals surface area (Å²) in [6, 6.07) is 2.56. The molecule has 0 unspecified atom stereocenters. The summed E-state index contributed by atoms with van der Waals surface area (Å²) in [4.78, 5) is 17.4. The molecular weight excluding hydrogens is 278 g/mol. The standard InChI is InChI=1S/C10H8ClN3O3S/c11-7-1-3-12-5-8(7)14-18(16,17)10-6-13-4-2-9(10)15/h1-6,14H,(H,13,15). The second-order valence-corrected chi connectivity index (χ2v) is 5.39. The molecule has 18 heavy (non-hydrogen) atoms. The number of H-pyrrole nitrogens is 1. The quantitative estimate of drug-likeness (QED) is 0.887. The van der Waals surface area contributed by atoms with Crippen molar-refractivity contribution in [2.45, 2.75) is 4.90 Å². The third kappa shape index (κ3) is 2.52. The number of pyridine rings is 2. The minimum absolute atomic E-state index is 0.113. The van der Waals surface area contributed by atoms with E-state index in [0.29, 0.717) is 0 Å². The van der Waals surface area contributed by atoms with Crippen molar-refractivity contribution >= 4 is 27.3 Å². The van der Waals surface area contributed by atoms with E-state index >= 15 is 0 Å². The first kappa shape index (κ1) is 12.6. The van der Waals surface area contributed by atoms with Crippen LogP contribution in [-0.2, 0) is 10.0 Å². The summed E-state index contributed by atoms with van der Waals surface area (Å²) in [5.74, 6) is 0. The molecule has 0 atom stereocenters. The summed E-state index contributed by atoms with van der Waals surface area (Å²) in [5.41, 5.74) is -0.497. The van der Waals surface area contributed by atoms with Crippen LogP contribution in [0.1, 0.15) is 0 Å². The van der Waals surface area contributed by atoms with Gasteiger partial charge in [0.1, 0.15) is 0 Å². The lowest BCUT2D eigenvalue weighted by Gasteiger charge is -2.07. The van der Waals surface area contributed by atoms with Crippen LogP contribution in [0.5, 0.6) is 0 Å². The predicted molar refractivity (Wildman–Crippen MR) is 67.1 cm³/mol. The zero-order chi connectivity index (χ0) is 13.2. The number of hydrogen-bond donors (Lipinski definition) is 2. The van der Waals surface area contributed by atoms with Crippen LogP contribution in [0.2, 0.25) is 5.02 Å². The van der Waals surface area contributed by atoms with Gasteiger partial charge in [-0.3, -0.25) is 14.5 Å². The Morgan fingerprint density at radius 3 is 2.78 bits per heavy atom. The Bertz CT molecular complexity index is 727. The second-order valence-electron chi connectivity index (χ2n) is 3.33. The number of aromatic nitrogens is 2. The van der Waals surface area contributed by atoms with E-state index in [1.54, 1.807) is 0 Å². The average molecular weight is 286 g/mol. The molecule has 0 aliphatic heterocycles. The Hall–Kier alpha value is -1.86. The van der Waals surface area contributed by atoms with Gasteiger partial charge in [0, 0.05) is 24.7 Å². The van der Waals surface area contributed by atoms with Gasteiger partial charge in [-0.05, 0) is 6.07 Å². The molecule has 0 aliphatic carbocycles. The maximum Gasteiger partial charge on any atom is 0.267 e. The molecule has 6 nitrogen and oxygen atoms in total. The van der Waals surface area contributed by atoms with E-state index in [4.69, 9.17) is 11.6 Å². The van der Waals surface area contributed by atoms with E-state index in [0.717, 1.165) is 12.3 Å². The molecule has 0 aliphatic rings. The molecule has 0 saturated carbocycles. The zero-order valence-corrected chi connectivity index (χ0v) is 10.5. The molecule has 0 spiro atoms. The highest BCUT2D eigenvalue weighted by molar-refractivity contribution is 7.92. The minimum Gasteiger partial charge on any atom is -0.366 e. The summed E-state index contributed by atoms with van der Waals surface area (Å²) >= 11 is 5.80. The Morgan fingerprint density at radius 2 is 2.11 bits per heavy atom. The van der Waals surface area contributed by atoms with Crippen molar-refractivity contribution in [3.63, 3.8) is 0 Å².